The minimum atomic E-state index is 0.351. The van der Waals surface area contributed by atoms with Gasteiger partial charge in [0.2, 0.25) is 0 Å². The Morgan fingerprint density at radius 1 is 1.11 bits per heavy atom. The molecule has 0 amide bonds. The van der Waals surface area contributed by atoms with Gasteiger partial charge in [0, 0.05) is 45.5 Å². The molecule has 1 unspecified atom stereocenters. The second-order valence-corrected chi connectivity index (χ2v) is 8.62. The summed E-state index contributed by atoms with van der Waals surface area (Å²) >= 11 is 1.79. The maximum absolute atomic E-state index is 5.02. The minimum absolute atomic E-state index is 0.351. The second kappa shape index (κ2) is 7.26. The predicted octanol–water partition coefficient (Wildman–Crippen LogP) is 3.48. The van der Waals surface area contributed by atoms with Gasteiger partial charge in [0.1, 0.15) is 11.5 Å². The lowest BCUT2D eigenvalue weighted by atomic mass is 10.1. The summed E-state index contributed by atoms with van der Waals surface area (Å²) in [5.74, 6) is 1.29. The zero-order valence-corrected chi connectivity index (χ0v) is 16.7. The van der Waals surface area contributed by atoms with E-state index in [0.29, 0.717) is 6.04 Å². The number of thiophene rings is 1. The number of nitrogens with zero attached hydrogens (tertiary/aromatic N) is 5. The van der Waals surface area contributed by atoms with Crippen LogP contribution in [0.1, 0.15) is 30.1 Å². The average Bonchev–Trinajstić information content (AvgIpc) is 3.44. The van der Waals surface area contributed by atoms with E-state index in [4.69, 9.17) is 4.98 Å². The summed E-state index contributed by atoms with van der Waals surface area (Å²) in [7, 11) is 2.23. The second-order valence-electron chi connectivity index (χ2n) is 7.84. The molecule has 2 saturated heterocycles. The highest BCUT2D eigenvalue weighted by molar-refractivity contribution is 7.07. The Balaban J connectivity index is 1.42. The van der Waals surface area contributed by atoms with Crippen LogP contribution in [0, 0.1) is 0 Å². The SMILES string of the molecule is CN1CCN(Cc2ccsc2)CC1c1cn2c(N3CCCC3)cccc2n1. The molecule has 6 heteroatoms. The fourth-order valence-corrected chi connectivity index (χ4v) is 5.07. The molecule has 5 heterocycles. The molecule has 0 spiro atoms. The third-order valence-electron chi connectivity index (χ3n) is 5.98. The molecule has 0 radical (unpaired) electrons. The molecule has 0 aromatic carbocycles. The first-order valence-corrected chi connectivity index (χ1v) is 10.9. The van der Waals surface area contributed by atoms with Gasteiger partial charge in [0.25, 0.3) is 0 Å². The third kappa shape index (κ3) is 3.37. The van der Waals surface area contributed by atoms with Crippen LogP contribution in [0.15, 0.2) is 41.2 Å². The largest absolute Gasteiger partial charge is 0.358 e. The van der Waals surface area contributed by atoms with Gasteiger partial charge in [-0.3, -0.25) is 14.2 Å². The van der Waals surface area contributed by atoms with Crippen LogP contribution in [0.5, 0.6) is 0 Å². The van der Waals surface area contributed by atoms with Gasteiger partial charge in [-0.25, -0.2) is 4.98 Å². The summed E-state index contributed by atoms with van der Waals surface area (Å²) in [6.45, 7) is 6.60. The first-order valence-electron chi connectivity index (χ1n) is 9.94. The third-order valence-corrected chi connectivity index (χ3v) is 6.71. The van der Waals surface area contributed by atoms with Crippen molar-refractivity contribution in [1.82, 2.24) is 19.2 Å². The zero-order valence-electron chi connectivity index (χ0n) is 15.9. The van der Waals surface area contributed by atoms with E-state index in [9.17, 15) is 0 Å². The van der Waals surface area contributed by atoms with Crippen LogP contribution in [0.4, 0.5) is 5.82 Å². The summed E-state index contributed by atoms with van der Waals surface area (Å²) in [6, 6.07) is 9.11. The van der Waals surface area contributed by atoms with Crippen molar-refractivity contribution in [1.29, 1.82) is 0 Å². The minimum Gasteiger partial charge on any atom is -0.358 e. The van der Waals surface area contributed by atoms with E-state index in [1.165, 1.54) is 29.9 Å². The van der Waals surface area contributed by atoms with Crippen molar-refractivity contribution in [3.8, 4) is 0 Å². The number of fused-ring (bicyclic) bond motifs is 1. The fraction of sp³-hybridized carbons (Fsp3) is 0.476. The molecule has 0 aliphatic carbocycles. The molecule has 2 fully saturated rings. The summed E-state index contributed by atoms with van der Waals surface area (Å²) in [4.78, 5) is 12.5. The van der Waals surface area contributed by atoms with E-state index in [2.05, 4.69) is 67.4 Å². The number of aromatic nitrogens is 2. The van der Waals surface area contributed by atoms with Crippen LogP contribution in [0.2, 0.25) is 0 Å². The summed E-state index contributed by atoms with van der Waals surface area (Å²) in [5.41, 5.74) is 3.69. The van der Waals surface area contributed by atoms with E-state index >= 15 is 0 Å². The van der Waals surface area contributed by atoms with Gasteiger partial charge in [-0.1, -0.05) is 6.07 Å². The smallest absolute Gasteiger partial charge is 0.138 e. The molecule has 2 aliphatic heterocycles. The molecule has 0 N–H and O–H groups in total. The van der Waals surface area contributed by atoms with Crippen molar-refractivity contribution in [2.24, 2.45) is 0 Å². The highest BCUT2D eigenvalue weighted by Crippen LogP contribution is 2.28. The number of anilines is 1. The number of pyridine rings is 1. The van der Waals surface area contributed by atoms with Gasteiger partial charge < -0.3 is 4.90 Å². The molecule has 3 aromatic heterocycles. The van der Waals surface area contributed by atoms with Crippen molar-refractivity contribution in [3.05, 3.63) is 52.5 Å². The van der Waals surface area contributed by atoms with Crippen LogP contribution in [0.3, 0.4) is 0 Å². The first kappa shape index (κ1) is 17.2. The molecule has 142 valence electrons. The maximum Gasteiger partial charge on any atom is 0.138 e. The number of piperazine rings is 1. The fourth-order valence-electron chi connectivity index (χ4n) is 4.41. The molecule has 5 nitrogen and oxygen atoms in total. The summed E-state index contributed by atoms with van der Waals surface area (Å²) in [6.07, 6.45) is 4.86. The molecule has 5 rings (SSSR count). The van der Waals surface area contributed by atoms with Crippen LogP contribution in [-0.4, -0.2) is 59.0 Å². The van der Waals surface area contributed by atoms with E-state index in [-0.39, 0.29) is 0 Å². The maximum atomic E-state index is 5.02. The average molecular weight is 382 g/mol. The van der Waals surface area contributed by atoms with Gasteiger partial charge in [-0.05, 0) is 54.4 Å². The molecule has 27 heavy (non-hydrogen) atoms. The Bertz CT molecular complexity index is 897. The quantitative estimate of drug-likeness (QED) is 0.691. The van der Waals surface area contributed by atoms with E-state index in [1.807, 2.05) is 0 Å². The van der Waals surface area contributed by atoms with E-state index in [1.54, 1.807) is 11.3 Å². The van der Waals surface area contributed by atoms with E-state index in [0.717, 1.165) is 44.9 Å². The summed E-state index contributed by atoms with van der Waals surface area (Å²) in [5, 5.41) is 4.44. The molecule has 1 atom stereocenters. The van der Waals surface area contributed by atoms with Crippen molar-refractivity contribution in [2.75, 3.05) is 44.7 Å². The number of likely N-dealkylation sites (N-methyl/N-ethyl adjacent to an activating group) is 1. The lowest BCUT2D eigenvalue weighted by Crippen LogP contribution is -2.46. The summed E-state index contributed by atoms with van der Waals surface area (Å²) < 4.78 is 2.30. The van der Waals surface area contributed by atoms with E-state index < -0.39 is 0 Å². The molecular weight excluding hydrogens is 354 g/mol. The molecular formula is C21H27N5S. The Hall–Kier alpha value is -1.89. The number of imidazole rings is 1. The number of hydrogen-bond acceptors (Lipinski definition) is 5. The highest BCUT2D eigenvalue weighted by Gasteiger charge is 2.28. The Labute approximate surface area is 164 Å². The van der Waals surface area contributed by atoms with Gasteiger partial charge in [-0.15, -0.1) is 0 Å². The van der Waals surface area contributed by atoms with Crippen molar-refractivity contribution in [2.45, 2.75) is 25.4 Å². The molecule has 3 aromatic rings. The van der Waals surface area contributed by atoms with Gasteiger partial charge >= 0.3 is 0 Å². The predicted molar refractivity (Wildman–Crippen MR) is 112 cm³/mol. The number of hydrogen-bond donors (Lipinski definition) is 0. The molecule has 0 saturated carbocycles. The highest BCUT2D eigenvalue weighted by atomic mass is 32.1. The lowest BCUT2D eigenvalue weighted by molar-refractivity contribution is 0.0886. The van der Waals surface area contributed by atoms with Crippen LogP contribution in [-0.2, 0) is 6.54 Å². The van der Waals surface area contributed by atoms with Crippen LogP contribution in [0.25, 0.3) is 5.65 Å². The van der Waals surface area contributed by atoms with Crippen LogP contribution < -0.4 is 4.90 Å². The topological polar surface area (TPSA) is 27.0 Å². The molecule has 0 bridgehead atoms. The first-order chi connectivity index (χ1) is 13.3. The van der Waals surface area contributed by atoms with Gasteiger partial charge in [-0.2, -0.15) is 11.3 Å². The lowest BCUT2D eigenvalue weighted by Gasteiger charge is -2.38. The monoisotopic (exact) mass is 381 g/mol. The standard InChI is InChI=1S/C21H27N5S/c1-23-10-11-24(13-17-7-12-27-16-17)15-19(23)18-14-26-20(22-18)5-4-6-21(26)25-8-2-3-9-25/h4-7,12,14,16,19H,2-3,8-11,13,15H2,1H3. The number of rotatable bonds is 4. The van der Waals surface area contributed by atoms with Gasteiger partial charge in [0.05, 0.1) is 11.7 Å². The van der Waals surface area contributed by atoms with Crippen molar-refractivity contribution < 1.29 is 0 Å². The zero-order chi connectivity index (χ0) is 18.2. The van der Waals surface area contributed by atoms with Crippen molar-refractivity contribution in [3.63, 3.8) is 0 Å². The Kier molecular flexibility index (Phi) is 4.63. The Morgan fingerprint density at radius 2 is 2.00 bits per heavy atom. The normalized spacial score (nSPS) is 22.1. The van der Waals surface area contributed by atoms with Crippen LogP contribution >= 0.6 is 11.3 Å². The van der Waals surface area contributed by atoms with Crippen molar-refractivity contribution >= 4 is 22.8 Å². The molecule has 2 aliphatic rings. The van der Waals surface area contributed by atoms with Gasteiger partial charge in [0.15, 0.2) is 0 Å². The Morgan fingerprint density at radius 3 is 2.81 bits per heavy atom.